The lowest BCUT2D eigenvalue weighted by atomic mass is 10.2. The maximum Gasteiger partial charge on any atom is 0.490 e. The number of hydrogen-bond acceptors (Lipinski definition) is 6. The second-order valence-corrected chi connectivity index (χ2v) is 8.98. The van der Waals surface area contributed by atoms with E-state index in [2.05, 4.69) is 15.3 Å². The van der Waals surface area contributed by atoms with Crippen LogP contribution in [-0.2, 0) is 21.4 Å². The van der Waals surface area contributed by atoms with E-state index in [9.17, 15) is 26.4 Å². The number of imidazole rings is 1. The molecule has 176 valence electrons. The van der Waals surface area contributed by atoms with Crippen LogP contribution >= 0.6 is 0 Å². The van der Waals surface area contributed by atoms with Crippen LogP contribution < -0.4 is 5.32 Å². The molecule has 0 spiro atoms. The summed E-state index contributed by atoms with van der Waals surface area (Å²) in [4.78, 5) is 29.5. The highest BCUT2D eigenvalue weighted by Gasteiger charge is 2.38. The molecule has 1 amide bonds. The Labute approximate surface area is 182 Å². The summed E-state index contributed by atoms with van der Waals surface area (Å²) in [5.74, 6) is -2.45. The molecule has 0 radical (unpaired) electrons. The van der Waals surface area contributed by atoms with Crippen LogP contribution in [0.2, 0.25) is 0 Å². The second-order valence-electron chi connectivity index (χ2n) is 7.09. The number of nitrogens with one attached hydrogen (secondary N) is 1. The zero-order valence-electron chi connectivity index (χ0n) is 17.4. The smallest absolute Gasteiger partial charge is 0.475 e. The molecule has 0 saturated carbocycles. The first-order chi connectivity index (χ1) is 14.7. The fourth-order valence-corrected chi connectivity index (χ4v) is 4.43. The summed E-state index contributed by atoms with van der Waals surface area (Å²) >= 11 is 0. The third-order valence-electron chi connectivity index (χ3n) is 4.31. The molecule has 2 aromatic rings. The van der Waals surface area contributed by atoms with Gasteiger partial charge in [-0.05, 0) is 32.9 Å². The van der Waals surface area contributed by atoms with Gasteiger partial charge in [0.1, 0.15) is 16.4 Å². The average Bonchev–Trinajstić information content (AvgIpc) is 3.13. The van der Waals surface area contributed by atoms with Crippen LogP contribution in [0.15, 0.2) is 35.6 Å². The van der Waals surface area contributed by atoms with Crippen LogP contribution in [0, 0.1) is 0 Å². The minimum Gasteiger partial charge on any atom is -0.475 e. The van der Waals surface area contributed by atoms with Gasteiger partial charge in [0.05, 0.1) is 6.04 Å². The highest BCUT2D eigenvalue weighted by molar-refractivity contribution is 7.89. The Bertz CT molecular complexity index is 1070. The number of hydrogen-bond donors (Lipinski definition) is 2. The van der Waals surface area contributed by atoms with E-state index in [0.29, 0.717) is 24.6 Å². The standard InChI is InChI=1S/C16H21N5O3S.C2HF3O2/c1-11(2)18-16(22)14-10-20-7-8-21(12(3)15(20)19-14)25(23,24)13-5-4-6-17-9-13;3-2(4,5)1(6)7/h4-6,9-12H,7-8H2,1-3H3,(H,18,22);(H,6,7). The van der Waals surface area contributed by atoms with Crippen molar-refractivity contribution in [1.82, 2.24) is 24.2 Å². The molecule has 0 fully saturated rings. The number of carboxylic acids is 1. The van der Waals surface area contributed by atoms with Crippen molar-refractivity contribution in [3.05, 3.63) is 42.2 Å². The molecule has 32 heavy (non-hydrogen) atoms. The number of nitrogens with zero attached hydrogens (tertiary/aromatic N) is 4. The first-order valence-electron chi connectivity index (χ1n) is 9.35. The number of aliphatic carboxylic acids is 1. The number of carbonyl (C=O) groups is 2. The Morgan fingerprint density at radius 3 is 2.41 bits per heavy atom. The second kappa shape index (κ2) is 9.65. The number of amides is 1. The van der Waals surface area contributed by atoms with Crippen molar-refractivity contribution >= 4 is 21.9 Å². The summed E-state index contributed by atoms with van der Waals surface area (Å²) in [5.41, 5.74) is 0.302. The zero-order chi connectivity index (χ0) is 24.3. The van der Waals surface area contributed by atoms with E-state index in [1.807, 2.05) is 18.4 Å². The SMILES string of the molecule is CC(C)NC(=O)c1cn2c(n1)C(C)N(S(=O)(=O)c1cccnc1)CC2.O=C(O)C(F)(F)F. The number of carbonyl (C=O) groups excluding carboxylic acids is 1. The number of alkyl halides is 3. The molecular formula is C18H22F3N5O5S. The summed E-state index contributed by atoms with van der Waals surface area (Å²) in [6.07, 6.45) is -0.535. The van der Waals surface area contributed by atoms with Crippen molar-refractivity contribution in [2.24, 2.45) is 0 Å². The van der Waals surface area contributed by atoms with Crippen molar-refractivity contribution < 1.29 is 36.3 Å². The third-order valence-corrected chi connectivity index (χ3v) is 6.26. The lowest BCUT2D eigenvalue weighted by Crippen LogP contribution is -2.41. The van der Waals surface area contributed by atoms with Crippen molar-refractivity contribution in [1.29, 1.82) is 0 Å². The van der Waals surface area contributed by atoms with Crippen LogP contribution in [0.4, 0.5) is 13.2 Å². The predicted molar refractivity (Wildman–Crippen MR) is 105 cm³/mol. The van der Waals surface area contributed by atoms with Gasteiger partial charge in [-0.1, -0.05) is 0 Å². The normalized spacial score (nSPS) is 16.7. The van der Waals surface area contributed by atoms with Gasteiger partial charge in [-0.2, -0.15) is 17.5 Å². The minimum atomic E-state index is -5.08. The molecule has 1 unspecified atom stereocenters. The minimum absolute atomic E-state index is 0.00566. The van der Waals surface area contributed by atoms with Gasteiger partial charge in [-0.3, -0.25) is 9.78 Å². The van der Waals surface area contributed by atoms with Crippen molar-refractivity contribution in [3.8, 4) is 0 Å². The zero-order valence-corrected chi connectivity index (χ0v) is 18.2. The van der Waals surface area contributed by atoms with Gasteiger partial charge >= 0.3 is 12.1 Å². The molecule has 14 heteroatoms. The molecular weight excluding hydrogens is 455 g/mol. The van der Waals surface area contributed by atoms with Gasteiger partial charge in [0, 0.05) is 37.7 Å². The fraction of sp³-hybridized carbons (Fsp3) is 0.444. The number of carboxylic acid groups (broad SMARTS) is 1. The van der Waals surface area contributed by atoms with E-state index in [-0.39, 0.29) is 16.8 Å². The molecule has 3 rings (SSSR count). The summed E-state index contributed by atoms with van der Waals surface area (Å²) < 4.78 is 60.7. The van der Waals surface area contributed by atoms with Gasteiger partial charge in [0.25, 0.3) is 5.91 Å². The van der Waals surface area contributed by atoms with Gasteiger partial charge in [0.2, 0.25) is 10.0 Å². The monoisotopic (exact) mass is 477 g/mol. The van der Waals surface area contributed by atoms with E-state index >= 15 is 0 Å². The third kappa shape index (κ3) is 5.82. The maximum absolute atomic E-state index is 12.9. The van der Waals surface area contributed by atoms with Gasteiger partial charge in [-0.25, -0.2) is 18.2 Å². The van der Waals surface area contributed by atoms with Crippen molar-refractivity contribution in [2.75, 3.05) is 6.54 Å². The summed E-state index contributed by atoms with van der Waals surface area (Å²) in [7, 11) is -3.67. The van der Waals surface area contributed by atoms with E-state index in [4.69, 9.17) is 9.90 Å². The molecule has 1 aliphatic rings. The molecule has 1 atom stereocenters. The molecule has 2 aromatic heterocycles. The van der Waals surface area contributed by atoms with Crippen LogP contribution in [0.3, 0.4) is 0 Å². The Balaban J connectivity index is 0.000000451. The van der Waals surface area contributed by atoms with Gasteiger partial charge in [0.15, 0.2) is 0 Å². The number of halogens is 3. The molecule has 10 nitrogen and oxygen atoms in total. The van der Waals surface area contributed by atoms with E-state index < -0.39 is 28.2 Å². The number of rotatable bonds is 4. The Hall–Kier alpha value is -3.00. The van der Waals surface area contributed by atoms with Crippen molar-refractivity contribution in [3.63, 3.8) is 0 Å². The average molecular weight is 477 g/mol. The Morgan fingerprint density at radius 1 is 1.28 bits per heavy atom. The number of pyridine rings is 1. The highest BCUT2D eigenvalue weighted by atomic mass is 32.2. The Morgan fingerprint density at radius 2 is 1.91 bits per heavy atom. The topological polar surface area (TPSA) is 134 Å². The van der Waals surface area contributed by atoms with Gasteiger partial charge < -0.3 is 15.0 Å². The lowest BCUT2D eigenvalue weighted by molar-refractivity contribution is -0.192. The quantitative estimate of drug-likeness (QED) is 0.686. The maximum atomic E-state index is 12.9. The summed E-state index contributed by atoms with van der Waals surface area (Å²) in [5, 5.41) is 9.92. The number of aromatic nitrogens is 3. The highest BCUT2D eigenvalue weighted by Crippen LogP contribution is 2.30. The van der Waals surface area contributed by atoms with Crippen molar-refractivity contribution in [2.45, 2.75) is 50.5 Å². The molecule has 0 aliphatic carbocycles. The van der Waals surface area contributed by atoms with E-state index in [1.54, 1.807) is 19.2 Å². The molecule has 1 aliphatic heterocycles. The molecule has 0 aromatic carbocycles. The molecule has 3 heterocycles. The van der Waals surface area contributed by atoms with Crippen LogP contribution in [0.1, 0.15) is 43.1 Å². The first-order valence-corrected chi connectivity index (χ1v) is 10.8. The molecule has 0 bridgehead atoms. The van der Waals surface area contributed by atoms with E-state index in [0.717, 1.165) is 0 Å². The fourth-order valence-electron chi connectivity index (χ4n) is 2.88. The summed E-state index contributed by atoms with van der Waals surface area (Å²) in [6, 6.07) is 2.65. The molecule has 0 saturated heterocycles. The van der Waals surface area contributed by atoms with Crippen LogP contribution in [-0.4, -0.2) is 63.0 Å². The van der Waals surface area contributed by atoms with Crippen LogP contribution in [0.25, 0.3) is 0 Å². The number of sulfonamides is 1. The Kier molecular flexibility index (Phi) is 7.62. The first kappa shape index (κ1) is 25.3. The lowest BCUT2D eigenvalue weighted by Gasteiger charge is -2.32. The predicted octanol–water partition coefficient (Wildman–Crippen LogP) is 1.82. The van der Waals surface area contributed by atoms with E-state index in [1.165, 1.54) is 22.8 Å². The molecule has 2 N–H and O–H groups in total. The van der Waals surface area contributed by atoms with Gasteiger partial charge in [-0.15, -0.1) is 0 Å². The van der Waals surface area contributed by atoms with Crippen LogP contribution in [0.5, 0.6) is 0 Å². The summed E-state index contributed by atoms with van der Waals surface area (Å²) in [6.45, 7) is 6.28. The largest absolute Gasteiger partial charge is 0.490 e. The number of fused-ring (bicyclic) bond motifs is 1.